The maximum Gasteiger partial charge on any atom is 0.123 e. The summed E-state index contributed by atoms with van der Waals surface area (Å²) < 4.78 is 13.4. The molecule has 0 spiro atoms. The molecule has 5 heteroatoms. The highest BCUT2D eigenvalue weighted by atomic mass is 32.1. The van der Waals surface area contributed by atoms with Gasteiger partial charge >= 0.3 is 0 Å². The van der Waals surface area contributed by atoms with Crippen LogP contribution in [0.5, 0.6) is 0 Å². The van der Waals surface area contributed by atoms with Crippen LogP contribution < -0.4 is 5.73 Å². The Labute approximate surface area is 125 Å². The van der Waals surface area contributed by atoms with E-state index in [-0.39, 0.29) is 5.82 Å². The minimum Gasteiger partial charge on any atom is -0.389 e. The van der Waals surface area contributed by atoms with Gasteiger partial charge in [-0.15, -0.1) is 0 Å². The summed E-state index contributed by atoms with van der Waals surface area (Å²) in [6.07, 6.45) is 2.61. The molecule has 1 fully saturated rings. The van der Waals surface area contributed by atoms with Crippen LogP contribution in [0.25, 0.3) is 0 Å². The van der Waals surface area contributed by atoms with Crippen molar-refractivity contribution in [3.63, 3.8) is 0 Å². The van der Waals surface area contributed by atoms with Crippen molar-refractivity contribution < 1.29 is 4.39 Å². The van der Waals surface area contributed by atoms with E-state index in [9.17, 15) is 4.39 Å². The number of nitrogens with zero attached hydrogens (tertiary/aromatic N) is 2. The number of thiocarbonyl (C=S) groups is 1. The third-order valence-corrected chi connectivity index (χ3v) is 3.99. The summed E-state index contributed by atoms with van der Waals surface area (Å²) in [6, 6.07) is 4.60. The highest BCUT2D eigenvalue weighted by Gasteiger charge is 2.13. The van der Waals surface area contributed by atoms with Crippen molar-refractivity contribution in [2.75, 3.05) is 33.2 Å². The van der Waals surface area contributed by atoms with Crippen LogP contribution in [0.4, 0.5) is 4.39 Å². The molecule has 0 atom stereocenters. The van der Waals surface area contributed by atoms with Crippen LogP contribution in [-0.2, 0) is 6.54 Å². The molecule has 0 aliphatic carbocycles. The summed E-state index contributed by atoms with van der Waals surface area (Å²) in [5, 5.41) is 0. The third-order valence-electron chi connectivity index (χ3n) is 3.77. The molecule has 2 N–H and O–H groups in total. The Kier molecular flexibility index (Phi) is 5.46. The maximum absolute atomic E-state index is 13.4. The van der Waals surface area contributed by atoms with E-state index < -0.39 is 0 Å². The van der Waals surface area contributed by atoms with Crippen LogP contribution >= 0.6 is 12.2 Å². The lowest BCUT2D eigenvalue weighted by atomic mass is 10.1. The second-order valence-electron chi connectivity index (χ2n) is 5.45. The van der Waals surface area contributed by atoms with Crippen molar-refractivity contribution in [2.45, 2.75) is 19.4 Å². The average molecular weight is 295 g/mol. The van der Waals surface area contributed by atoms with Gasteiger partial charge < -0.3 is 15.5 Å². The van der Waals surface area contributed by atoms with Crippen LogP contribution in [-0.4, -0.2) is 48.0 Å². The second kappa shape index (κ2) is 7.11. The van der Waals surface area contributed by atoms with Crippen molar-refractivity contribution in [2.24, 2.45) is 5.73 Å². The molecule has 0 radical (unpaired) electrons. The van der Waals surface area contributed by atoms with Gasteiger partial charge in [0, 0.05) is 25.2 Å². The Hall–Kier alpha value is -1.04. The topological polar surface area (TPSA) is 32.5 Å². The van der Waals surface area contributed by atoms with Gasteiger partial charge in [0.05, 0.1) is 0 Å². The summed E-state index contributed by atoms with van der Waals surface area (Å²) >= 11 is 5.03. The average Bonchev–Trinajstić information content (AvgIpc) is 2.89. The van der Waals surface area contributed by atoms with Crippen LogP contribution in [0, 0.1) is 5.82 Å². The highest BCUT2D eigenvalue weighted by molar-refractivity contribution is 7.80. The molecule has 3 nitrogen and oxygen atoms in total. The predicted octanol–water partition coefficient (Wildman–Crippen LogP) is 1.99. The van der Waals surface area contributed by atoms with E-state index in [0.29, 0.717) is 11.5 Å². The standard InChI is InChI=1S/C15H22FN3S/c1-18(8-9-19-6-2-3-7-19)11-12-10-13(16)4-5-14(12)15(17)20/h4-5,10H,2-3,6-9,11H2,1H3,(H2,17,20). The minimum atomic E-state index is -0.243. The van der Waals surface area contributed by atoms with E-state index in [1.807, 2.05) is 7.05 Å². The first kappa shape index (κ1) is 15.4. The first-order chi connectivity index (χ1) is 9.56. The number of hydrogen-bond donors (Lipinski definition) is 1. The van der Waals surface area contributed by atoms with Gasteiger partial charge in [0.25, 0.3) is 0 Å². The van der Waals surface area contributed by atoms with E-state index in [1.54, 1.807) is 6.07 Å². The van der Waals surface area contributed by atoms with Crippen LogP contribution in [0.15, 0.2) is 18.2 Å². The summed E-state index contributed by atoms with van der Waals surface area (Å²) in [5.41, 5.74) is 7.33. The smallest absolute Gasteiger partial charge is 0.123 e. The molecule has 1 saturated heterocycles. The van der Waals surface area contributed by atoms with Crippen LogP contribution in [0.1, 0.15) is 24.0 Å². The molecule has 1 aliphatic heterocycles. The van der Waals surface area contributed by atoms with Gasteiger partial charge in [0.1, 0.15) is 10.8 Å². The van der Waals surface area contributed by atoms with Crippen molar-refractivity contribution in [1.82, 2.24) is 9.80 Å². The second-order valence-corrected chi connectivity index (χ2v) is 5.89. The molecule has 1 aliphatic rings. The molecule has 1 aromatic carbocycles. The van der Waals surface area contributed by atoms with Crippen molar-refractivity contribution in [1.29, 1.82) is 0 Å². The van der Waals surface area contributed by atoms with Crippen molar-refractivity contribution >= 4 is 17.2 Å². The molecule has 1 aromatic rings. The largest absolute Gasteiger partial charge is 0.389 e. The van der Waals surface area contributed by atoms with Gasteiger partial charge in [0.2, 0.25) is 0 Å². The Morgan fingerprint density at radius 2 is 2.10 bits per heavy atom. The molecule has 2 rings (SSSR count). The fraction of sp³-hybridized carbons (Fsp3) is 0.533. The molecular weight excluding hydrogens is 273 g/mol. The molecule has 0 unspecified atom stereocenters. The van der Waals surface area contributed by atoms with Gasteiger partial charge in [-0.1, -0.05) is 12.2 Å². The zero-order valence-corrected chi connectivity index (χ0v) is 12.8. The summed E-state index contributed by atoms with van der Waals surface area (Å²) in [6.45, 7) is 5.09. The number of likely N-dealkylation sites (N-methyl/N-ethyl adjacent to an activating group) is 1. The summed E-state index contributed by atoms with van der Waals surface area (Å²) in [7, 11) is 2.05. The fourth-order valence-corrected chi connectivity index (χ4v) is 2.82. The number of benzene rings is 1. The van der Waals surface area contributed by atoms with E-state index in [2.05, 4.69) is 9.80 Å². The van der Waals surface area contributed by atoms with E-state index >= 15 is 0 Å². The normalized spacial score (nSPS) is 15.9. The lowest BCUT2D eigenvalue weighted by Gasteiger charge is -2.22. The summed E-state index contributed by atoms with van der Waals surface area (Å²) in [4.78, 5) is 4.98. The molecule has 0 amide bonds. The molecule has 1 heterocycles. The number of rotatable bonds is 6. The third kappa shape index (κ3) is 4.23. The van der Waals surface area contributed by atoms with Gasteiger partial charge in [-0.25, -0.2) is 4.39 Å². The molecule has 0 aromatic heterocycles. The molecular formula is C15H22FN3S. The van der Waals surface area contributed by atoms with E-state index in [1.165, 1.54) is 38.1 Å². The van der Waals surface area contributed by atoms with E-state index in [0.717, 1.165) is 24.2 Å². The van der Waals surface area contributed by atoms with Crippen LogP contribution in [0.2, 0.25) is 0 Å². The molecule has 20 heavy (non-hydrogen) atoms. The van der Waals surface area contributed by atoms with Crippen molar-refractivity contribution in [3.8, 4) is 0 Å². The Morgan fingerprint density at radius 1 is 1.40 bits per heavy atom. The number of nitrogens with two attached hydrogens (primary N) is 1. The quantitative estimate of drug-likeness (QED) is 0.814. The molecule has 110 valence electrons. The van der Waals surface area contributed by atoms with Crippen LogP contribution in [0.3, 0.4) is 0 Å². The first-order valence-corrected chi connectivity index (χ1v) is 7.46. The number of halogens is 1. The Bertz CT molecular complexity index is 472. The number of likely N-dealkylation sites (tertiary alicyclic amines) is 1. The van der Waals surface area contributed by atoms with Gasteiger partial charge in [-0.05, 0) is 56.7 Å². The first-order valence-electron chi connectivity index (χ1n) is 7.05. The lowest BCUT2D eigenvalue weighted by Crippen LogP contribution is -2.31. The zero-order chi connectivity index (χ0) is 14.5. The Balaban J connectivity index is 1.94. The SMILES string of the molecule is CN(CCN1CCCC1)Cc1cc(F)ccc1C(N)=S. The summed E-state index contributed by atoms with van der Waals surface area (Å²) in [5.74, 6) is -0.243. The van der Waals surface area contributed by atoms with E-state index in [4.69, 9.17) is 18.0 Å². The van der Waals surface area contributed by atoms with Crippen molar-refractivity contribution in [3.05, 3.63) is 35.1 Å². The fourth-order valence-electron chi connectivity index (χ4n) is 2.62. The number of hydrogen-bond acceptors (Lipinski definition) is 3. The minimum absolute atomic E-state index is 0.243. The zero-order valence-electron chi connectivity index (χ0n) is 11.9. The molecule has 0 saturated carbocycles. The van der Waals surface area contributed by atoms with Gasteiger partial charge in [-0.2, -0.15) is 0 Å². The molecule has 0 bridgehead atoms. The predicted molar refractivity (Wildman–Crippen MR) is 84.3 cm³/mol. The van der Waals surface area contributed by atoms with Gasteiger partial charge in [-0.3, -0.25) is 0 Å². The monoisotopic (exact) mass is 295 g/mol. The highest BCUT2D eigenvalue weighted by Crippen LogP contribution is 2.14. The Morgan fingerprint density at radius 3 is 2.75 bits per heavy atom. The maximum atomic E-state index is 13.4. The van der Waals surface area contributed by atoms with Gasteiger partial charge in [0.15, 0.2) is 0 Å². The lowest BCUT2D eigenvalue weighted by molar-refractivity contribution is 0.252.